The van der Waals surface area contributed by atoms with Crippen LogP contribution >= 0.6 is 0 Å². The number of hydrogen-bond donors (Lipinski definition) is 2. The molecule has 3 N–H and O–H groups in total. The van der Waals surface area contributed by atoms with E-state index in [9.17, 15) is 22.0 Å². The molecular weight excluding hydrogens is 372 g/mol. The van der Waals surface area contributed by atoms with Crippen LogP contribution < -0.4 is 20.5 Å². The number of nitrogens with one attached hydrogen (secondary N) is 1. The normalized spacial score (nSPS) is 14.9. The molecule has 0 atom stereocenters. The first-order valence-electron chi connectivity index (χ1n) is 7.17. The van der Waals surface area contributed by atoms with Gasteiger partial charge in [-0.15, -0.1) is 8.78 Å². The smallest absolute Gasteiger partial charge is 0.395 e. The molecule has 1 aromatic heterocycles. The summed E-state index contributed by atoms with van der Waals surface area (Å²) in [4.78, 5) is 16.2. The average Bonchev–Trinajstić information content (AvgIpc) is 2.80. The molecule has 1 aromatic carbocycles. The quantitative estimate of drug-likeness (QED) is 0.823. The molecule has 2 aromatic rings. The zero-order chi connectivity index (χ0) is 19.1. The molecule has 138 valence electrons. The molecule has 1 amide bonds. The molecule has 0 fully saturated rings. The van der Waals surface area contributed by atoms with E-state index in [1.165, 1.54) is 30.3 Å². The van der Waals surface area contributed by atoms with Crippen molar-refractivity contribution in [1.82, 2.24) is 4.98 Å². The summed E-state index contributed by atoms with van der Waals surface area (Å²) in [5, 5.41) is 2.39. The van der Waals surface area contributed by atoms with Gasteiger partial charge >= 0.3 is 6.29 Å². The lowest BCUT2D eigenvalue weighted by atomic mass is 10.2. The van der Waals surface area contributed by atoms with Gasteiger partial charge in [-0.25, -0.2) is 13.4 Å². The molecule has 0 unspecified atom stereocenters. The number of nitrogen functional groups attached to an aromatic ring is 1. The van der Waals surface area contributed by atoms with E-state index in [4.69, 9.17) is 5.73 Å². The number of nitrogens with two attached hydrogens (primary N) is 1. The summed E-state index contributed by atoms with van der Waals surface area (Å²) in [7, 11) is -3.31. The summed E-state index contributed by atoms with van der Waals surface area (Å²) in [5.41, 5.74) is 5.80. The fourth-order valence-electron chi connectivity index (χ4n) is 2.32. The molecule has 11 heteroatoms. The van der Waals surface area contributed by atoms with Crippen LogP contribution in [0.15, 0.2) is 30.3 Å². The number of alkyl halides is 2. The number of aromatic nitrogens is 1. The molecule has 0 saturated carbocycles. The van der Waals surface area contributed by atoms with Crippen molar-refractivity contribution in [2.75, 3.05) is 17.3 Å². The standard InChI is InChI=1S/C15H13F2N3O5S/c1-26(22,23)7-8-5-6-9(13(18)19-8)14(21)20-10-3-2-4-11-12(10)25-15(16,17)24-11/h2-6H,7H2,1H3,(H2,18,19)(H,20,21). The van der Waals surface area contributed by atoms with Gasteiger partial charge in [0, 0.05) is 6.26 Å². The third-order valence-electron chi connectivity index (χ3n) is 3.31. The van der Waals surface area contributed by atoms with E-state index < -0.39 is 22.0 Å². The number of amides is 1. The Kier molecular flexibility index (Phi) is 4.18. The van der Waals surface area contributed by atoms with Crippen LogP contribution in [0.25, 0.3) is 0 Å². The molecule has 1 aliphatic heterocycles. The maximum atomic E-state index is 13.2. The van der Waals surface area contributed by atoms with Gasteiger partial charge in [0.15, 0.2) is 21.3 Å². The van der Waals surface area contributed by atoms with Gasteiger partial charge in [0.05, 0.1) is 22.7 Å². The van der Waals surface area contributed by atoms with Gasteiger partial charge in [-0.1, -0.05) is 6.07 Å². The first kappa shape index (κ1) is 17.9. The Morgan fingerprint density at radius 1 is 1.27 bits per heavy atom. The predicted molar refractivity (Wildman–Crippen MR) is 87.8 cm³/mol. The lowest BCUT2D eigenvalue weighted by molar-refractivity contribution is -0.286. The van der Waals surface area contributed by atoms with Gasteiger partial charge in [0.1, 0.15) is 5.82 Å². The van der Waals surface area contributed by atoms with Crippen LogP contribution in [-0.2, 0) is 15.6 Å². The van der Waals surface area contributed by atoms with Crippen LogP contribution in [-0.4, -0.2) is 31.9 Å². The zero-order valence-electron chi connectivity index (χ0n) is 13.3. The van der Waals surface area contributed by atoms with E-state index in [1.54, 1.807) is 0 Å². The SMILES string of the molecule is CS(=O)(=O)Cc1ccc(C(=O)Nc2cccc3c2OC(F)(F)O3)c(N)n1. The fraction of sp³-hybridized carbons (Fsp3) is 0.200. The number of pyridine rings is 1. The van der Waals surface area contributed by atoms with Gasteiger partial charge in [0.25, 0.3) is 5.91 Å². The van der Waals surface area contributed by atoms with E-state index in [0.717, 1.165) is 6.26 Å². The molecule has 0 spiro atoms. The summed E-state index contributed by atoms with van der Waals surface area (Å²) in [6.45, 7) is 0. The van der Waals surface area contributed by atoms with Crippen molar-refractivity contribution in [2.45, 2.75) is 12.0 Å². The summed E-state index contributed by atoms with van der Waals surface area (Å²) in [6, 6.07) is 6.66. The number of ether oxygens (including phenoxy) is 2. The monoisotopic (exact) mass is 385 g/mol. The lowest BCUT2D eigenvalue weighted by Gasteiger charge is -2.10. The highest BCUT2D eigenvalue weighted by Crippen LogP contribution is 2.45. The second-order valence-corrected chi connectivity index (χ2v) is 7.70. The van der Waals surface area contributed by atoms with Crippen LogP contribution in [0.3, 0.4) is 0 Å². The number of rotatable bonds is 4. The summed E-state index contributed by atoms with van der Waals surface area (Å²) in [5.74, 6) is -1.79. The molecule has 0 saturated heterocycles. The molecular formula is C15H13F2N3O5S. The van der Waals surface area contributed by atoms with Gasteiger partial charge in [-0.2, -0.15) is 0 Å². The number of carbonyl (C=O) groups excluding carboxylic acids is 1. The van der Waals surface area contributed by atoms with Crippen molar-refractivity contribution in [3.8, 4) is 11.5 Å². The minimum Gasteiger partial charge on any atom is -0.395 e. The Morgan fingerprint density at radius 2 is 2.00 bits per heavy atom. The molecule has 8 nitrogen and oxygen atoms in total. The highest BCUT2D eigenvalue weighted by atomic mass is 32.2. The van der Waals surface area contributed by atoms with Crippen LogP contribution in [0, 0.1) is 0 Å². The third kappa shape index (κ3) is 3.82. The van der Waals surface area contributed by atoms with Crippen molar-refractivity contribution in [3.05, 3.63) is 41.6 Å². The number of nitrogens with zero attached hydrogens (tertiary/aromatic N) is 1. The fourth-order valence-corrected chi connectivity index (χ4v) is 3.01. The molecule has 0 bridgehead atoms. The summed E-state index contributed by atoms with van der Waals surface area (Å²) in [6.07, 6.45) is -2.78. The topological polar surface area (TPSA) is 121 Å². The Bertz CT molecular complexity index is 995. The Labute approximate surface area is 146 Å². The van der Waals surface area contributed by atoms with Crippen molar-refractivity contribution >= 4 is 27.2 Å². The molecule has 1 aliphatic rings. The van der Waals surface area contributed by atoms with Crippen LogP contribution in [0.5, 0.6) is 11.5 Å². The van der Waals surface area contributed by atoms with E-state index in [2.05, 4.69) is 19.8 Å². The van der Waals surface area contributed by atoms with Crippen molar-refractivity contribution in [2.24, 2.45) is 0 Å². The number of halogens is 2. The molecule has 26 heavy (non-hydrogen) atoms. The maximum absolute atomic E-state index is 13.2. The largest absolute Gasteiger partial charge is 0.586 e. The number of anilines is 2. The second kappa shape index (κ2) is 6.09. The summed E-state index contributed by atoms with van der Waals surface area (Å²) < 4.78 is 57.6. The van der Waals surface area contributed by atoms with Gasteiger partial charge in [0.2, 0.25) is 0 Å². The first-order valence-corrected chi connectivity index (χ1v) is 9.23. The minimum atomic E-state index is -3.82. The number of para-hydroxylation sites is 1. The number of benzene rings is 1. The average molecular weight is 385 g/mol. The van der Waals surface area contributed by atoms with E-state index >= 15 is 0 Å². The lowest BCUT2D eigenvalue weighted by Crippen LogP contribution is -2.26. The maximum Gasteiger partial charge on any atom is 0.586 e. The number of fused-ring (bicyclic) bond motifs is 1. The molecule has 0 radical (unpaired) electrons. The molecule has 3 rings (SSSR count). The predicted octanol–water partition coefficient (Wildman–Crippen LogP) is 1.78. The number of sulfone groups is 1. The second-order valence-electron chi connectivity index (χ2n) is 5.56. The Balaban J connectivity index is 1.83. The zero-order valence-corrected chi connectivity index (χ0v) is 14.1. The number of hydrogen-bond acceptors (Lipinski definition) is 7. The highest BCUT2D eigenvalue weighted by molar-refractivity contribution is 7.89. The van der Waals surface area contributed by atoms with E-state index in [0.29, 0.717) is 0 Å². The Hall–Kier alpha value is -2.95. The van der Waals surface area contributed by atoms with Crippen molar-refractivity contribution in [1.29, 1.82) is 0 Å². The van der Waals surface area contributed by atoms with Gasteiger partial charge in [-0.05, 0) is 24.3 Å². The van der Waals surface area contributed by atoms with Crippen LogP contribution in [0.4, 0.5) is 20.3 Å². The van der Waals surface area contributed by atoms with Crippen molar-refractivity contribution in [3.63, 3.8) is 0 Å². The highest BCUT2D eigenvalue weighted by Gasteiger charge is 2.44. The van der Waals surface area contributed by atoms with Crippen LogP contribution in [0.1, 0.15) is 16.1 Å². The molecule has 2 heterocycles. The first-order chi connectivity index (χ1) is 12.0. The van der Waals surface area contributed by atoms with E-state index in [-0.39, 0.29) is 40.0 Å². The van der Waals surface area contributed by atoms with E-state index in [1.807, 2.05) is 0 Å². The molecule has 0 aliphatic carbocycles. The van der Waals surface area contributed by atoms with Crippen LogP contribution in [0.2, 0.25) is 0 Å². The third-order valence-corrected chi connectivity index (χ3v) is 4.13. The summed E-state index contributed by atoms with van der Waals surface area (Å²) >= 11 is 0. The minimum absolute atomic E-state index is 0.0377. The Morgan fingerprint density at radius 3 is 2.65 bits per heavy atom. The van der Waals surface area contributed by atoms with Gasteiger partial charge < -0.3 is 20.5 Å². The van der Waals surface area contributed by atoms with Gasteiger partial charge in [-0.3, -0.25) is 4.79 Å². The van der Waals surface area contributed by atoms with Crippen molar-refractivity contribution < 1.29 is 31.5 Å². The number of carbonyl (C=O) groups is 1.